The zero-order chi connectivity index (χ0) is 21.4. The van der Waals surface area contributed by atoms with Gasteiger partial charge >= 0.3 is 6.18 Å². The van der Waals surface area contributed by atoms with E-state index in [0.717, 1.165) is 22.9 Å². The van der Waals surface area contributed by atoms with Gasteiger partial charge in [-0.1, -0.05) is 23.8 Å². The van der Waals surface area contributed by atoms with E-state index >= 15 is 0 Å². The van der Waals surface area contributed by atoms with E-state index in [1.165, 1.54) is 0 Å². The van der Waals surface area contributed by atoms with Crippen LogP contribution < -0.4 is 4.90 Å². The fourth-order valence-electron chi connectivity index (χ4n) is 3.01. The van der Waals surface area contributed by atoms with Gasteiger partial charge in [0.2, 0.25) is 5.78 Å². The average Bonchev–Trinajstić information content (AvgIpc) is 2.57. The number of aldehydes is 1. The molecule has 1 unspecified atom stereocenters. The Morgan fingerprint density at radius 3 is 2.57 bits per heavy atom. The van der Waals surface area contributed by atoms with E-state index in [1.54, 1.807) is 6.92 Å². The summed E-state index contributed by atoms with van der Waals surface area (Å²) in [5, 5.41) is 9.98. The molecule has 1 aromatic carbocycles. The van der Waals surface area contributed by atoms with Gasteiger partial charge < -0.3 is 14.9 Å². The molecule has 2 rings (SSSR count). The molecule has 1 aliphatic heterocycles. The molecule has 1 N–H and O–H groups in total. The van der Waals surface area contributed by atoms with Gasteiger partial charge in [0.05, 0.1) is 17.4 Å². The molecule has 0 amide bonds. The zero-order valence-corrected chi connectivity index (χ0v) is 15.7. The Morgan fingerprint density at radius 1 is 1.46 bits per heavy atom. The number of nitrogens with zero attached hydrogens (tertiary/aromatic N) is 2. The summed E-state index contributed by atoms with van der Waals surface area (Å²) in [7, 11) is 1.11. The Bertz CT molecular complexity index is 867. The van der Waals surface area contributed by atoms with Crippen LogP contribution in [0.2, 0.25) is 5.02 Å². The number of allylic oxidation sites excluding steroid dienone is 2. The lowest BCUT2D eigenvalue weighted by molar-refractivity contribution is -0.131. The van der Waals surface area contributed by atoms with Crippen LogP contribution in [0.25, 0.3) is 0 Å². The second kappa shape index (κ2) is 7.83. The van der Waals surface area contributed by atoms with Crippen LogP contribution in [0.3, 0.4) is 0 Å². The van der Waals surface area contributed by atoms with Gasteiger partial charge in [-0.15, -0.1) is 0 Å². The predicted octanol–water partition coefficient (Wildman–Crippen LogP) is 3.60. The number of anilines is 1. The number of hydrogen-bond donors (Lipinski definition) is 1. The minimum absolute atomic E-state index is 0.0431. The van der Waals surface area contributed by atoms with Crippen molar-refractivity contribution in [3.05, 3.63) is 46.4 Å². The molecule has 0 fully saturated rings. The summed E-state index contributed by atoms with van der Waals surface area (Å²) in [4.78, 5) is 24.8. The number of carbonyl (C=O) groups excluding carboxylic acids is 2. The molecule has 1 atom stereocenters. The van der Waals surface area contributed by atoms with E-state index in [-0.39, 0.29) is 29.0 Å². The summed E-state index contributed by atoms with van der Waals surface area (Å²) in [6, 6.07) is -0.913. The molecule has 0 aromatic heterocycles. The third-order valence-electron chi connectivity index (χ3n) is 4.17. The van der Waals surface area contributed by atoms with Crippen molar-refractivity contribution in [2.75, 3.05) is 18.6 Å². The summed E-state index contributed by atoms with van der Waals surface area (Å²) < 4.78 is 54.5. The topological polar surface area (TPSA) is 60.9 Å². The lowest BCUT2D eigenvalue weighted by Crippen LogP contribution is -2.52. The molecule has 0 radical (unpaired) electrons. The van der Waals surface area contributed by atoms with Crippen LogP contribution in [0, 0.1) is 5.82 Å². The molecular formula is C18H17ClF4N2O3. The van der Waals surface area contributed by atoms with Crippen molar-refractivity contribution >= 4 is 29.4 Å². The number of halogens is 5. The number of benzene rings is 1. The van der Waals surface area contributed by atoms with E-state index < -0.39 is 41.9 Å². The van der Waals surface area contributed by atoms with Crippen molar-refractivity contribution in [1.29, 1.82) is 0 Å². The second-order valence-corrected chi connectivity index (χ2v) is 6.88. The fraction of sp³-hybridized carbons (Fsp3) is 0.333. The van der Waals surface area contributed by atoms with Gasteiger partial charge in [0.1, 0.15) is 23.3 Å². The smallest absolute Gasteiger partial charge is 0.430 e. The average molecular weight is 421 g/mol. The van der Waals surface area contributed by atoms with Crippen molar-refractivity contribution in [3.8, 4) is 5.75 Å². The Hall–Kier alpha value is -2.55. The van der Waals surface area contributed by atoms with Gasteiger partial charge in [0.15, 0.2) is 6.29 Å². The highest BCUT2D eigenvalue weighted by atomic mass is 35.5. The van der Waals surface area contributed by atoms with Gasteiger partial charge in [-0.05, 0) is 25.5 Å². The quantitative estimate of drug-likeness (QED) is 0.341. The Morgan fingerprint density at radius 2 is 2.07 bits per heavy atom. The molecule has 1 aliphatic rings. The maximum absolute atomic E-state index is 14.8. The molecule has 0 saturated heterocycles. The van der Waals surface area contributed by atoms with E-state index in [9.17, 15) is 32.3 Å². The largest absolute Gasteiger partial charge is 0.506 e. The Balaban J connectivity index is 2.73. The van der Waals surface area contributed by atoms with Crippen LogP contribution in [-0.2, 0) is 16.0 Å². The van der Waals surface area contributed by atoms with E-state index in [0.29, 0.717) is 11.6 Å². The number of phenols is 1. The highest BCUT2D eigenvalue weighted by Crippen LogP contribution is 2.41. The maximum Gasteiger partial charge on any atom is 0.430 e. The van der Waals surface area contributed by atoms with E-state index in [1.807, 2.05) is 0 Å². The van der Waals surface area contributed by atoms with Crippen molar-refractivity contribution < 1.29 is 32.3 Å². The van der Waals surface area contributed by atoms with E-state index in [4.69, 9.17) is 11.6 Å². The molecule has 5 nitrogen and oxygen atoms in total. The number of carbonyl (C=O) groups is 2. The third kappa shape index (κ3) is 4.14. The highest BCUT2D eigenvalue weighted by molar-refractivity contribution is 6.32. The fourth-order valence-corrected chi connectivity index (χ4v) is 3.22. The molecule has 28 heavy (non-hydrogen) atoms. The van der Waals surface area contributed by atoms with E-state index in [2.05, 4.69) is 6.58 Å². The van der Waals surface area contributed by atoms with Gasteiger partial charge in [-0.2, -0.15) is 13.2 Å². The number of rotatable bonds is 5. The maximum atomic E-state index is 14.8. The number of Topliss-reactive ketones (excluding diaryl/α,β-unsaturated/α-hetero) is 1. The first-order valence-corrected chi connectivity index (χ1v) is 8.36. The highest BCUT2D eigenvalue weighted by Gasteiger charge is 2.43. The summed E-state index contributed by atoms with van der Waals surface area (Å²) in [6.07, 6.45) is -4.39. The second-order valence-electron chi connectivity index (χ2n) is 6.47. The van der Waals surface area contributed by atoms with Crippen LogP contribution >= 0.6 is 11.6 Å². The Kier molecular flexibility index (Phi) is 6.08. The number of alkyl halides is 3. The lowest BCUT2D eigenvalue weighted by Gasteiger charge is -2.41. The van der Waals surface area contributed by atoms with Gasteiger partial charge in [-0.3, -0.25) is 9.59 Å². The van der Waals surface area contributed by atoms with Crippen LogP contribution in [0.1, 0.15) is 12.5 Å². The zero-order valence-electron chi connectivity index (χ0n) is 15.0. The van der Waals surface area contributed by atoms with Crippen LogP contribution in [0.4, 0.5) is 23.2 Å². The normalized spacial score (nSPS) is 17.4. The molecule has 10 heteroatoms. The van der Waals surface area contributed by atoms with Crippen molar-refractivity contribution in [2.24, 2.45) is 0 Å². The number of aromatic hydroxyl groups is 1. The monoisotopic (exact) mass is 420 g/mol. The molecule has 1 heterocycles. The molecule has 1 aromatic rings. The van der Waals surface area contributed by atoms with Gasteiger partial charge in [0, 0.05) is 12.6 Å². The minimum atomic E-state index is -4.77. The summed E-state index contributed by atoms with van der Waals surface area (Å²) in [5.41, 5.74) is -0.995. The summed E-state index contributed by atoms with van der Waals surface area (Å²) >= 11 is 5.82. The molecule has 0 aliphatic carbocycles. The first kappa shape index (κ1) is 21.7. The molecule has 0 spiro atoms. The lowest BCUT2D eigenvalue weighted by atomic mass is 9.99. The van der Waals surface area contributed by atoms with Gasteiger partial charge in [0.25, 0.3) is 0 Å². The molecular weight excluding hydrogens is 404 g/mol. The summed E-state index contributed by atoms with van der Waals surface area (Å²) in [6.45, 7) is 4.72. The number of hydrogen-bond acceptors (Lipinski definition) is 5. The van der Waals surface area contributed by atoms with Crippen molar-refractivity contribution in [2.45, 2.75) is 25.6 Å². The predicted molar refractivity (Wildman–Crippen MR) is 95.7 cm³/mol. The number of phenolic OH excluding ortho intramolecular Hbond substituents is 1. The molecule has 152 valence electrons. The minimum Gasteiger partial charge on any atom is -0.506 e. The van der Waals surface area contributed by atoms with Gasteiger partial charge in [-0.25, -0.2) is 4.39 Å². The molecule has 0 bridgehead atoms. The Labute approximate surface area is 163 Å². The number of ketones is 1. The van der Waals surface area contributed by atoms with Crippen LogP contribution in [0.5, 0.6) is 5.75 Å². The summed E-state index contributed by atoms with van der Waals surface area (Å²) in [5.74, 6) is -2.63. The third-order valence-corrected chi connectivity index (χ3v) is 4.46. The first-order chi connectivity index (χ1) is 12.9. The van der Waals surface area contributed by atoms with Crippen molar-refractivity contribution in [3.63, 3.8) is 0 Å². The standard InChI is InChI=1S/C18H17ClF4N2O3/c1-9(2)4-10-16(12(20)5-11(19)17(10)28)25-8-24(3)15(18(21,22)23)6-13(25)14(27)7-26/h5-7,13,28H,1,4,8H2,2-3H3. The first-order valence-electron chi connectivity index (χ1n) is 7.98. The van der Waals surface area contributed by atoms with Crippen molar-refractivity contribution in [1.82, 2.24) is 4.90 Å². The van der Waals surface area contributed by atoms with Crippen LogP contribution in [0.15, 0.2) is 30.0 Å². The molecule has 0 saturated carbocycles. The SMILES string of the molecule is C=C(C)Cc1c(O)c(Cl)cc(F)c1N1CN(C)C(C(F)(F)F)=CC1C(=O)C=O. The van der Waals surface area contributed by atoms with Crippen LogP contribution in [-0.4, -0.2) is 48.0 Å².